The molecule has 1 aromatic rings. The Morgan fingerprint density at radius 3 is 2.41 bits per heavy atom. The highest BCUT2D eigenvalue weighted by molar-refractivity contribution is 5.90. The highest BCUT2D eigenvalue weighted by Gasteiger charge is 2.02. The summed E-state index contributed by atoms with van der Waals surface area (Å²) in [5.74, 6) is -0.0943. The standard InChI is InChI=1S/C13H18N2O2/c1-10-5-7-12(8-6-10)15-13(17)4-3-9-14-11(2)16/h5-8H,3-4,9H2,1-2H3,(H,14,16)(H,15,17). The summed E-state index contributed by atoms with van der Waals surface area (Å²) >= 11 is 0. The van der Waals surface area contributed by atoms with Crippen LogP contribution in [0.1, 0.15) is 25.3 Å². The molecule has 0 aliphatic carbocycles. The van der Waals surface area contributed by atoms with E-state index in [4.69, 9.17) is 0 Å². The van der Waals surface area contributed by atoms with E-state index in [1.165, 1.54) is 6.92 Å². The molecule has 0 fully saturated rings. The molecule has 0 spiro atoms. The Labute approximate surface area is 101 Å². The molecule has 0 saturated heterocycles. The zero-order valence-corrected chi connectivity index (χ0v) is 10.2. The van der Waals surface area contributed by atoms with Crippen molar-refractivity contribution in [1.82, 2.24) is 5.32 Å². The van der Waals surface area contributed by atoms with Crippen molar-refractivity contribution in [3.63, 3.8) is 0 Å². The lowest BCUT2D eigenvalue weighted by molar-refractivity contribution is -0.119. The molecular formula is C13H18N2O2. The van der Waals surface area contributed by atoms with Crippen LogP contribution < -0.4 is 10.6 Å². The van der Waals surface area contributed by atoms with E-state index in [-0.39, 0.29) is 11.8 Å². The van der Waals surface area contributed by atoms with Crippen LogP contribution in [-0.4, -0.2) is 18.4 Å². The van der Waals surface area contributed by atoms with Crippen LogP contribution in [0.3, 0.4) is 0 Å². The van der Waals surface area contributed by atoms with Crippen LogP contribution in [-0.2, 0) is 9.59 Å². The maximum Gasteiger partial charge on any atom is 0.224 e. The van der Waals surface area contributed by atoms with Gasteiger partial charge in [0.1, 0.15) is 0 Å². The van der Waals surface area contributed by atoms with Gasteiger partial charge in [-0.05, 0) is 25.5 Å². The van der Waals surface area contributed by atoms with E-state index in [1.54, 1.807) is 0 Å². The van der Waals surface area contributed by atoms with Gasteiger partial charge in [-0.3, -0.25) is 9.59 Å². The number of hydrogen-bond donors (Lipinski definition) is 2. The van der Waals surface area contributed by atoms with Crippen molar-refractivity contribution < 1.29 is 9.59 Å². The van der Waals surface area contributed by atoms with Gasteiger partial charge in [0, 0.05) is 25.6 Å². The molecule has 2 N–H and O–H groups in total. The number of carbonyl (C=O) groups is 2. The number of nitrogens with one attached hydrogen (secondary N) is 2. The van der Waals surface area contributed by atoms with Crippen molar-refractivity contribution in [2.75, 3.05) is 11.9 Å². The van der Waals surface area contributed by atoms with E-state index in [1.807, 2.05) is 31.2 Å². The first-order valence-corrected chi connectivity index (χ1v) is 5.69. The predicted molar refractivity (Wildman–Crippen MR) is 67.7 cm³/mol. The first kappa shape index (κ1) is 13.2. The van der Waals surface area contributed by atoms with Crippen LogP contribution in [0, 0.1) is 6.92 Å². The molecule has 17 heavy (non-hydrogen) atoms. The molecule has 4 heteroatoms. The quantitative estimate of drug-likeness (QED) is 0.764. The van der Waals surface area contributed by atoms with Gasteiger partial charge < -0.3 is 10.6 Å². The lowest BCUT2D eigenvalue weighted by Gasteiger charge is -2.05. The first-order chi connectivity index (χ1) is 8.08. The summed E-state index contributed by atoms with van der Waals surface area (Å²) in [5, 5.41) is 5.46. The van der Waals surface area contributed by atoms with Crippen LogP contribution in [0.25, 0.3) is 0 Å². The minimum Gasteiger partial charge on any atom is -0.356 e. The molecule has 1 rings (SSSR count). The average Bonchev–Trinajstić information content (AvgIpc) is 2.27. The third-order valence-corrected chi connectivity index (χ3v) is 2.29. The van der Waals surface area contributed by atoms with E-state index in [9.17, 15) is 9.59 Å². The summed E-state index contributed by atoms with van der Waals surface area (Å²) in [7, 11) is 0. The van der Waals surface area contributed by atoms with Gasteiger partial charge in [-0.2, -0.15) is 0 Å². The van der Waals surface area contributed by atoms with Crippen LogP contribution in [0.2, 0.25) is 0 Å². The Bertz CT molecular complexity index is 385. The Hall–Kier alpha value is -1.84. The third kappa shape index (κ3) is 5.70. The number of benzene rings is 1. The molecule has 0 heterocycles. The van der Waals surface area contributed by atoms with Gasteiger partial charge in [-0.15, -0.1) is 0 Å². The third-order valence-electron chi connectivity index (χ3n) is 2.29. The topological polar surface area (TPSA) is 58.2 Å². The molecule has 0 unspecified atom stereocenters. The zero-order valence-electron chi connectivity index (χ0n) is 10.2. The second kappa shape index (κ2) is 6.68. The maximum atomic E-state index is 11.5. The number of rotatable bonds is 5. The number of hydrogen-bond acceptors (Lipinski definition) is 2. The highest BCUT2D eigenvalue weighted by Crippen LogP contribution is 2.09. The Morgan fingerprint density at radius 1 is 1.18 bits per heavy atom. The molecule has 0 aliphatic heterocycles. The van der Waals surface area contributed by atoms with Crippen LogP contribution in [0.4, 0.5) is 5.69 Å². The van der Waals surface area contributed by atoms with E-state index in [2.05, 4.69) is 10.6 Å². The summed E-state index contributed by atoms with van der Waals surface area (Å²) in [6, 6.07) is 7.65. The van der Waals surface area contributed by atoms with Gasteiger partial charge in [-0.25, -0.2) is 0 Å². The molecule has 4 nitrogen and oxygen atoms in total. The molecule has 0 aromatic heterocycles. The lowest BCUT2D eigenvalue weighted by Crippen LogP contribution is -2.22. The molecule has 0 saturated carbocycles. The van der Waals surface area contributed by atoms with Crippen molar-refractivity contribution in [2.45, 2.75) is 26.7 Å². The van der Waals surface area contributed by atoms with Gasteiger partial charge in [0.2, 0.25) is 11.8 Å². The van der Waals surface area contributed by atoms with Gasteiger partial charge >= 0.3 is 0 Å². The van der Waals surface area contributed by atoms with Gasteiger partial charge in [-0.1, -0.05) is 17.7 Å². The number of amides is 2. The average molecular weight is 234 g/mol. The molecule has 0 bridgehead atoms. The van der Waals surface area contributed by atoms with Gasteiger partial charge in [0.15, 0.2) is 0 Å². The summed E-state index contributed by atoms with van der Waals surface area (Å²) in [6.45, 7) is 4.00. The number of anilines is 1. The molecule has 2 amide bonds. The van der Waals surface area contributed by atoms with E-state index in [0.29, 0.717) is 19.4 Å². The SMILES string of the molecule is CC(=O)NCCCC(=O)Nc1ccc(C)cc1. The van der Waals surface area contributed by atoms with Crippen molar-refractivity contribution >= 4 is 17.5 Å². The fraction of sp³-hybridized carbons (Fsp3) is 0.385. The zero-order chi connectivity index (χ0) is 12.7. The minimum atomic E-state index is -0.0658. The molecule has 92 valence electrons. The normalized spacial score (nSPS) is 9.76. The molecule has 0 radical (unpaired) electrons. The van der Waals surface area contributed by atoms with Crippen molar-refractivity contribution in [1.29, 1.82) is 0 Å². The summed E-state index contributed by atoms with van der Waals surface area (Å²) in [6.07, 6.45) is 1.06. The Balaban J connectivity index is 2.25. The molecule has 0 aliphatic rings. The van der Waals surface area contributed by atoms with E-state index in [0.717, 1.165) is 11.3 Å². The fourth-order valence-electron chi connectivity index (χ4n) is 1.37. The maximum absolute atomic E-state index is 11.5. The van der Waals surface area contributed by atoms with Crippen molar-refractivity contribution in [3.05, 3.63) is 29.8 Å². The smallest absolute Gasteiger partial charge is 0.224 e. The van der Waals surface area contributed by atoms with Gasteiger partial charge in [0.25, 0.3) is 0 Å². The van der Waals surface area contributed by atoms with Gasteiger partial charge in [0.05, 0.1) is 0 Å². The summed E-state index contributed by atoms with van der Waals surface area (Å²) in [5.41, 5.74) is 1.97. The molecule has 1 aromatic carbocycles. The Morgan fingerprint density at radius 2 is 1.82 bits per heavy atom. The van der Waals surface area contributed by atoms with Crippen LogP contribution in [0.5, 0.6) is 0 Å². The van der Waals surface area contributed by atoms with Crippen LogP contribution >= 0.6 is 0 Å². The van der Waals surface area contributed by atoms with Crippen molar-refractivity contribution in [3.8, 4) is 0 Å². The monoisotopic (exact) mass is 234 g/mol. The molecule has 0 atom stereocenters. The molecular weight excluding hydrogens is 216 g/mol. The second-order valence-electron chi connectivity index (χ2n) is 4.00. The minimum absolute atomic E-state index is 0.0285. The Kier molecular flexibility index (Phi) is 5.20. The highest BCUT2D eigenvalue weighted by atomic mass is 16.2. The summed E-state index contributed by atoms with van der Waals surface area (Å²) < 4.78 is 0. The number of aryl methyl sites for hydroxylation is 1. The van der Waals surface area contributed by atoms with Crippen molar-refractivity contribution in [2.24, 2.45) is 0 Å². The second-order valence-corrected chi connectivity index (χ2v) is 4.00. The van der Waals surface area contributed by atoms with Crippen LogP contribution in [0.15, 0.2) is 24.3 Å². The van der Waals surface area contributed by atoms with E-state index >= 15 is 0 Å². The largest absolute Gasteiger partial charge is 0.356 e. The lowest BCUT2D eigenvalue weighted by atomic mass is 10.2. The van der Waals surface area contributed by atoms with E-state index < -0.39 is 0 Å². The predicted octanol–water partition coefficient (Wildman–Crippen LogP) is 1.85. The fourth-order valence-corrected chi connectivity index (χ4v) is 1.37. The first-order valence-electron chi connectivity index (χ1n) is 5.69. The number of carbonyl (C=O) groups excluding carboxylic acids is 2. The summed E-state index contributed by atoms with van der Waals surface area (Å²) in [4.78, 5) is 22.1.